The lowest BCUT2D eigenvalue weighted by Crippen LogP contribution is -2.35. The van der Waals surface area contributed by atoms with Gasteiger partial charge in [-0.25, -0.2) is 4.39 Å². The van der Waals surface area contributed by atoms with Crippen molar-refractivity contribution in [3.63, 3.8) is 0 Å². The van der Waals surface area contributed by atoms with E-state index in [0.29, 0.717) is 19.8 Å². The molecule has 3 rings (SSSR count). The first kappa shape index (κ1) is 20.9. The highest BCUT2D eigenvalue weighted by molar-refractivity contribution is 7.99. The molecule has 1 N–H and O–H groups in total. The maximum Gasteiger partial charge on any atom is 0.124 e. The second-order valence-electron chi connectivity index (χ2n) is 6.90. The van der Waals surface area contributed by atoms with Crippen molar-refractivity contribution in [2.24, 2.45) is 0 Å². The Morgan fingerprint density at radius 2 is 1.89 bits per heavy atom. The summed E-state index contributed by atoms with van der Waals surface area (Å²) in [4.78, 5) is 7.22. The van der Waals surface area contributed by atoms with E-state index in [1.807, 2.05) is 37.3 Å². The summed E-state index contributed by atoms with van der Waals surface area (Å²) in [5, 5.41) is 0. The van der Waals surface area contributed by atoms with Crippen molar-refractivity contribution in [3.8, 4) is 0 Å². The monoisotopic (exact) mass is 403 g/mol. The summed E-state index contributed by atoms with van der Waals surface area (Å²) < 4.78 is 25.6. The Morgan fingerprint density at radius 3 is 2.54 bits per heavy atom. The molecule has 2 aromatic carbocycles. The normalized spacial score (nSPS) is 16.0. The van der Waals surface area contributed by atoms with Gasteiger partial charge in [0.15, 0.2) is 0 Å². The van der Waals surface area contributed by atoms with Crippen LogP contribution in [-0.4, -0.2) is 20.3 Å². The summed E-state index contributed by atoms with van der Waals surface area (Å²) in [5.41, 5.74) is 4.93. The van der Waals surface area contributed by atoms with Gasteiger partial charge in [0.1, 0.15) is 5.82 Å². The molecule has 1 fully saturated rings. The molecule has 150 valence electrons. The molecular weight excluding hydrogens is 377 g/mol. The minimum absolute atomic E-state index is 0.251. The average molecular weight is 404 g/mol. The van der Waals surface area contributed by atoms with E-state index in [1.54, 1.807) is 19.2 Å². The molecule has 0 aliphatic carbocycles. The smallest absolute Gasteiger partial charge is 0.124 e. The number of hydrogen-bond acceptors (Lipinski definition) is 5. The lowest BCUT2D eigenvalue weighted by atomic mass is 9.86. The first-order chi connectivity index (χ1) is 13.5. The number of allylic oxidation sites excluding steroid dienone is 1. The Kier molecular flexibility index (Phi) is 7.13. The third-order valence-electron chi connectivity index (χ3n) is 4.73. The van der Waals surface area contributed by atoms with Crippen molar-refractivity contribution in [2.45, 2.75) is 41.8 Å². The van der Waals surface area contributed by atoms with Crippen LogP contribution in [0.2, 0.25) is 0 Å². The second kappa shape index (κ2) is 9.56. The van der Waals surface area contributed by atoms with Gasteiger partial charge >= 0.3 is 0 Å². The summed E-state index contributed by atoms with van der Waals surface area (Å²) in [7, 11) is 1.69. The zero-order valence-corrected chi connectivity index (χ0v) is 17.1. The highest BCUT2D eigenvalue weighted by Crippen LogP contribution is 2.38. The molecule has 0 atom stereocenters. The molecule has 0 amide bonds. The predicted octanol–water partition coefficient (Wildman–Crippen LogP) is 5.18. The summed E-state index contributed by atoms with van der Waals surface area (Å²) in [6, 6.07) is 13.2. The maximum absolute atomic E-state index is 14.3. The molecule has 0 saturated carbocycles. The lowest BCUT2D eigenvalue weighted by Gasteiger charge is -2.36. The van der Waals surface area contributed by atoms with E-state index in [4.69, 9.17) is 14.3 Å². The van der Waals surface area contributed by atoms with Crippen molar-refractivity contribution in [2.75, 3.05) is 20.3 Å². The number of ether oxygens (including phenoxy) is 2. The number of hydrogen-bond donors (Lipinski definition) is 1. The fourth-order valence-corrected chi connectivity index (χ4v) is 4.13. The van der Waals surface area contributed by atoms with Crippen molar-refractivity contribution >= 4 is 11.8 Å². The van der Waals surface area contributed by atoms with Gasteiger partial charge in [0.2, 0.25) is 0 Å². The molecular formula is C22H26FNO3S. The molecule has 6 heteroatoms. The van der Waals surface area contributed by atoms with Gasteiger partial charge < -0.3 is 9.47 Å². The van der Waals surface area contributed by atoms with E-state index in [2.05, 4.69) is 12.1 Å². The largest absolute Gasteiger partial charge is 0.381 e. The summed E-state index contributed by atoms with van der Waals surface area (Å²) in [5.74, 6) is -0.251. The van der Waals surface area contributed by atoms with Gasteiger partial charge in [-0.1, -0.05) is 30.5 Å². The number of nitrogens with one attached hydrogen (secondary N) is 1. The zero-order valence-electron chi connectivity index (χ0n) is 16.3. The molecule has 0 unspecified atom stereocenters. The number of hydroxylamine groups is 1. The standard InChI is InChI=1S/C22H26FNO3S/c1-16(2)24-27-15-17-4-6-20(7-5-17)28-21-13-18(12-19(23)14-21)22(25-3)8-10-26-11-9-22/h4-7,12-14,24H,1,8-11,15H2,2-3H3. The molecule has 0 spiro atoms. The van der Waals surface area contributed by atoms with Crippen molar-refractivity contribution in [1.82, 2.24) is 5.48 Å². The van der Waals surface area contributed by atoms with Crippen LogP contribution in [0.4, 0.5) is 4.39 Å². The molecule has 1 aliphatic rings. The summed E-state index contributed by atoms with van der Waals surface area (Å²) >= 11 is 1.53. The molecule has 4 nitrogen and oxygen atoms in total. The van der Waals surface area contributed by atoms with E-state index in [1.165, 1.54) is 11.8 Å². The van der Waals surface area contributed by atoms with Gasteiger partial charge in [-0.3, -0.25) is 10.3 Å². The van der Waals surface area contributed by atoms with Crippen molar-refractivity contribution in [3.05, 3.63) is 71.7 Å². The molecule has 1 saturated heterocycles. The fourth-order valence-electron chi connectivity index (χ4n) is 3.23. The van der Waals surface area contributed by atoms with Crippen LogP contribution in [0.1, 0.15) is 30.9 Å². The van der Waals surface area contributed by atoms with Crippen LogP contribution in [0.5, 0.6) is 0 Å². The summed E-state index contributed by atoms with van der Waals surface area (Å²) in [6.07, 6.45) is 1.45. The van der Waals surface area contributed by atoms with Crippen molar-refractivity contribution < 1.29 is 18.7 Å². The summed E-state index contributed by atoms with van der Waals surface area (Å²) in [6.45, 7) is 7.24. The van der Waals surface area contributed by atoms with E-state index in [-0.39, 0.29) is 5.82 Å². The molecule has 28 heavy (non-hydrogen) atoms. The van der Waals surface area contributed by atoms with Crippen LogP contribution in [0.15, 0.2) is 64.5 Å². The van der Waals surface area contributed by atoms with Gasteiger partial charge in [0, 0.05) is 48.7 Å². The van der Waals surface area contributed by atoms with E-state index >= 15 is 0 Å². The Labute approximate surface area is 170 Å². The molecule has 2 aromatic rings. The highest BCUT2D eigenvalue weighted by atomic mass is 32.2. The third kappa shape index (κ3) is 5.35. The predicted molar refractivity (Wildman–Crippen MR) is 108 cm³/mol. The van der Waals surface area contributed by atoms with E-state index in [9.17, 15) is 4.39 Å². The zero-order chi connectivity index (χ0) is 20.0. The minimum Gasteiger partial charge on any atom is -0.381 e. The van der Waals surface area contributed by atoms with E-state index in [0.717, 1.165) is 39.5 Å². The molecule has 0 aromatic heterocycles. The first-order valence-electron chi connectivity index (χ1n) is 9.25. The Morgan fingerprint density at radius 1 is 1.18 bits per heavy atom. The van der Waals surface area contributed by atoms with Crippen LogP contribution in [0, 0.1) is 5.82 Å². The number of methoxy groups -OCH3 is 1. The molecule has 0 radical (unpaired) electrons. The molecule has 0 bridgehead atoms. The van der Waals surface area contributed by atoms with Crippen LogP contribution in [0.3, 0.4) is 0 Å². The van der Waals surface area contributed by atoms with Crippen LogP contribution < -0.4 is 5.48 Å². The lowest BCUT2D eigenvalue weighted by molar-refractivity contribution is -0.0950. The van der Waals surface area contributed by atoms with E-state index < -0.39 is 5.60 Å². The van der Waals surface area contributed by atoms with Gasteiger partial charge in [0.25, 0.3) is 0 Å². The Hall–Kier alpha value is -1.86. The maximum atomic E-state index is 14.3. The SMILES string of the molecule is C=C(C)NOCc1ccc(Sc2cc(F)cc(C3(OC)CCOCC3)c2)cc1. The number of rotatable bonds is 8. The van der Waals surface area contributed by atoms with Crippen LogP contribution in [0.25, 0.3) is 0 Å². The first-order valence-corrected chi connectivity index (χ1v) is 10.1. The van der Waals surface area contributed by atoms with Gasteiger partial charge in [-0.15, -0.1) is 0 Å². The minimum atomic E-state index is -0.479. The van der Waals surface area contributed by atoms with Gasteiger partial charge in [-0.05, 0) is 48.4 Å². The Bertz CT molecular complexity index is 804. The van der Waals surface area contributed by atoms with Crippen LogP contribution >= 0.6 is 11.8 Å². The molecule has 1 heterocycles. The average Bonchev–Trinajstić information content (AvgIpc) is 2.69. The fraction of sp³-hybridized carbons (Fsp3) is 0.364. The highest BCUT2D eigenvalue weighted by Gasteiger charge is 2.35. The molecule has 1 aliphatic heterocycles. The third-order valence-corrected chi connectivity index (χ3v) is 5.71. The number of benzene rings is 2. The second-order valence-corrected chi connectivity index (χ2v) is 8.05. The van der Waals surface area contributed by atoms with Gasteiger partial charge in [-0.2, -0.15) is 0 Å². The Balaban J connectivity index is 1.72. The topological polar surface area (TPSA) is 39.7 Å². The van der Waals surface area contributed by atoms with Gasteiger partial charge in [0.05, 0.1) is 12.2 Å². The quantitative estimate of drug-likeness (QED) is 0.615. The van der Waals surface area contributed by atoms with Crippen LogP contribution in [-0.2, 0) is 26.5 Å². The number of halogens is 1. The van der Waals surface area contributed by atoms with Crippen molar-refractivity contribution in [1.29, 1.82) is 0 Å².